The Morgan fingerprint density at radius 2 is 1.50 bits per heavy atom. The molecule has 4 aromatic carbocycles. The van der Waals surface area contributed by atoms with Crippen LogP contribution in [0.5, 0.6) is 0 Å². The summed E-state index contributed by atoms with van der Waals surface area (Å²) >= 11 is 0. The summed E-state index contributed by atoms with van der Waals surface area (Å²) < 4.78 is 7.78. The zero-order chi connectivity index (χ0) is 34.4. The van der Waals surface area contributed by atoms with Crippen LogP contribution in [0.25, 0.3) is 21.5 Å². The summed E-state index contributed by atoms with van der Waals surface area (Å²) in [6.07, 6.45) is 10.6. The smallest absolute Gasteiger partial charge is 0.370 e. The first kappa shape index (κ1) is 33.9. The van der Waals surface area contributed by atoms with E-state index in [0.717, 1.165) is 91.6 Å². The second-order valence-corrected chi connectivity index (χ2v) is 12.2. The van der Waals surface area contributed by atoms with Crippen LogP contribution in [0.2, 0.25) is 0 Å². The predicted octanol–water partition coefficient (Wildman–Crippen LogP) is 8.86. The molecule has 5 rings (SSSR count). The maximum absolute atomic E-state index is 12.0. The number of hydrogen-bond acceptors (Lipinski definition) is 4. The van der Waals surface area contributed by atoms with E-state index in [1.807, 2.05) is 110 Å². The van der Waals surface area contributed by atoms with E-state index in [4.69, 9.17) is 4.74 Å². The van der Waals surface area contributed by atoms with E-state index in [-0.39, 0.29) is 13.1 Å². The fourth-order valence-electron chi connectivity index (χ4n) is 6.59. The molecule has 7 nitrogen and oxygen atoms in total. The fraction of sp³-hybridized carbons (Fsp3) is 0.244. The van der Waals surface area contributed by atoms with Crippen molar-refractivity contribution < 1.29 is 29.1 Å². The Morgan fingerprint density at radius 3 is 2.15 bits per heavy atom. The summed E-state index contributed by atoms with van der Waals surface area (Å²) in [4.78, 5) is 25.7. The number of benzene rings is 4. The van der Waals surface area contributed by atoms with Crippen molar-refractivity contribution in [2.75, 3.05) is 25.1 Å². The molecule has 2 N–H and O–H groups in total. The standard InChI is InChI=1S/C41H42N2O5/c1-27(42(25-39(44)45)37-23-21-31-11-6-8-15-35(31)29(37)3)17-19-33-13-10-14-34(41(33)48-5)20-18-28(2)43(26-40(46)47)38-24-22-32-12-7-9-16-36(32)30(38)4/h6-9,11-12,15-24H,10,13-14,25-26H2,1-5H3,(H-,44,45,46,47)/p+1. The Balaban J connectivity index is 1.50. The number of allylic oxidation sites excluding steroid dienone is 7. The summed E-state index contributed by atoms with van der Waals surface area (Å²) in [6.45, 7) is 7.59. The highest BCUT2D eigenvalue weighted by atomic mass is 16.5. The molecule has 0 fully saturated rings. The van der Waals surface area contributed by atoms with Crippen molar-refractivity contribution >= 4 is 50.6 Å². The summed E-state index contributed by atoms with van der Waals surface area (Å²) in [7, 11) is 1.67. The molecule has 0 atom stereocenters. The molecular weight excluding hydrogens is 600 g/mol. The Kier molecular flexibility index (Phi) is 10.6. The Morgan fingerprint density at radius 1 is 0.854 bits per heavy atom. The number of rotatable bonds is 11. The topological polar surface area (TPSA) is 90.1 Å². The SMILES string of the molecule is COC1=C(/C=C/C(C)=[N+](\CC(=O)O)c2ccc3ccccc3c2C)CCC/C1=C\C=C(/C)N(CC(=O)O)c1ccc2ccccc2c1C. The van der Waals surface area contributed by atoms with Gasteiger partial charge in [0.15, 0.2) is 5.71 Å². The number of hydrogen-bond donors (Lipinski definition) is 2. The van der Waals surface area contributed by atoms with Gasteiger partial charge in [-0.3, -0.25) is 4.79 Å². The van der Waals surface area contributed by atoms with E-state index in [0.29, 0.717) is 0 Å². The molecule has 0 unspecified atom stereocenters. The van der Waals surface area contributed by atoms with Gasteiger partial charge in [0.2, 0.25) is 12.2 Å². The predicted molar refractivity (Wildman–Crippen MR) is 194 cm³/mol. The van der Waals surface area contributed by atoms with Gasteiger partial charge >= 0.3 is 11.9 Å². The molecule has 0 saturated carbocycles. The van der Waals surface area contributed by atoms with Gasteiger partial charge in [-0.2, -0.15) is 4.58 Å². The molecular formula is C41H43N2O5+. The number of aryl methyl sites for hydroxylation is 2. The highest BCUT2D eigenvalue weighted by Gasteiger charge is 2.22. The number of ether oxygens (including phenoxy) is 1. The van der Waals surface area contributed by atoms with Crippen LogP contribution >= 0.6 is 0 Å². The lowest BCUT2D eigenvalue weighted by molar-refractivity contribution is -0.431. The van der Waals surface area contributed by atoms with Crippen LogP contribution in [0.4, 0.5) is 11.4 Å². The van der Waals surface area contributed by atoms with Gasteiger partial charge in [0.05, 0.1) is 7.11 Å². The van der Waals surface area contributed by atoms with Gasteiger partial charge in [-0.15, -0.1) is 0 Å². The minimum Gasteiger partial charge on any atom is -0.496 e. The first-order chi connectivity index (χ1) is 23.1. The number of anilines is 1. The van der Waals surface area contributed by atoms with Crippen molar-refractivity contribution in [3.05, 3.63) is 131 Å². The number of aliphatic carboxylic acids is 2. The zero-order valence-corrected chi connectivity index (χ0v) is 28.3. The lowest BCUT2D eigenvalue weighted by Gasteiger charge is -2.26. The van der Waals surface area contributed by atoms with Crippen LogP contribution in [0.15, 0.2) is 120 Å². The van der Waals surface area contributed by atoms with Crippen LogP contribution < -0.4 is 4.90 Å². The van der Waals surface area contributed by atoms with Crippen molar-refractivity contribution in [1.29, 1.82) is 0 Å². The molecule has 0 aliphatic heterocycles. The molecule has 0 amide bonds. The summed E-state index contributed by atoms with van der Waals surface area (Å²) in [5, 5.41) is 24.0. The Bertz CT molecular complexity index is 2050. The van der Waals surface area contributed by atoms with Crippen molar-refractivity contribution in [2.24, 2.45) is 0 Å². The number of carbonyl (C=O) groups is 2. The van der Waals surface area contributed by atoms with Gasteiger partial charge < -0.3 is 19.8 Å². The number of methoxy groups -OCH3 is 1. The largest absolute Gasteiger partial charge is 0.496 e. The summed E-state index contributed by atoms with van der Waals surface area (Å²) in [5.74, 6) is -1.03. The molecule has 1 aliphatic rings. The molecule has 4 aromatic rings. The fourth-order valence-corrected chi connectivity index (χ4v) is 6.59. The second-order valence-electron chi connectivity index (χ2n) is 12.2. The van der Waals surface area contributed by atoms with E-state index >= 15 is 0 Å². The number of carboxylic acids is 2. The van der Waals surface area contributed by atoms with Crippen LogP contribution in [0.1, 0.15) is 44.2 Å². The van der Waals surface area contributed by atoms with Gasteiger partial charge in [-0.1, -0.05) is 60.7 Å². The van der Waals surface area contributed by atoms with Gasteiger partial charge in [0.25, 0.3) is 0 Å². The molecule has 0 saturated heterocycles. The lowest BCUT2D eigenvalue weighted by atomic mass is 9.92. The minimum absolute atomic E-state index is 0.162. The Labute approximate surface area is 282 Å². The molecule has 7 heteroatoms. The molecule has 48 heavy (non-hydrogen) atoms. The molecule has 1 aliphatic carbocycles. The normalized spacial score (nSPS) is 15.4. The number of carboxylic acid groups (broad SMARTS) is 2. The van der Waals surface area contributed by atoms with E-state index in [1.54, 1.807) is 7.11 Å². The number of fused-ring (bicyclic) bond motifs is 2. The van der Waals surface area contributed by atoms with Gasteiger partial charge in [0.1, 0.15) is 12.3 Å². The second kappa shape index (κ2) is 15.0. The maximum atomic E-state index is 12.0. The molecule has 0 heterocycles. The molecule has 0 bridgehead atoms. The monoisotopic (exact) mass is 643 g/mol. The quantitative estimate of drug-likeness (QED) is 0.125. The van der Waals surface area contributed by atoms with E-state index in [2.05, 4.69) is 24.3 Å². The highest BCUT2D eigenvalue weighted by Crippen LogP contribution is 2.33. The van der Waals surface area contributed by atoms with Crippen LogP contribution in [-0.2, 0) is 14.3 Å². The average molecular weight is 644 g/mol. The third kappa shape index (κ3) is 7.41. The first-order valence-corrected chi connectivity index (χ1v) is 16.2. The molecule has 0 aromatic heterocycles. The molecule has 0 radical (unpaired) electrons. The van der Waals surface area contributed by atoms with Crippen molar-refractivity contribution in [2.45, 2.75) is 47.0 Å². The summed E-state index contributed by atoms with van der Waals surface area (Å²) in [6, 6.07) is 24.3. The van der Waals surface area contributed by atoms with Crippen molar-refractivity contribution in [3.63, 3.8) is 0 Å². The van der Waals surface area contributed by atoms with E-state index in [1.165, 1.54) is 0 Å². The summed E-state index contributed by atoms with van der Waals surface area (Å²) in [5.41, 5.74) is 7.44. The van der Waals surface area contributed by atoms with Crippen LogP contribution in [0, 0.1) is 13.8 Å². The first-order valence-electron chi connectivity index (χ1n) is 16.2. The Hall–Kier alpha value is -5.43. The third-order valence-electron chi connectivity index (χ3n) is 9.09. The van der Waals surface area contributed by atoms with Gasteiger partial charge in [-0.05, 0) is 103 Å². The molecule has 0 spiro atoms. The highest BCUT2D eigenvalue weighted by molar-refractivity contribution is 5.93. The van der Waals surface area contributed by atoms with Crippen LogP contribution in [0.3, 0.4) is 0 Å². The number of nitrogens with zero attached hydrogens (tertiary/aromatic N) is 2. The van der Waals surface area contributed by atoms with Gasteiger partial charge in [0, 0.05) is 36.0 Å². The third-order valence-corrected chi connectivity index (χ3v) is 9.09. The zero-order valence-electron chi connectivity index (χ0n) is 28.3. The minimum atomic E-state index is -0.909. The average Bonchev–Trinajstić information content (AvgIpc) is 3.08. The van der Waals surface area contributed by atoms with Crippen molar-refractivity contribution in [3.8, 4) is 0 Å². The van der Waals surface area contributed by atoms with Crippen LogP contribution in [-0.4, -0.2) is 52.6 Å². The molecule has 246 valence electrons. The lowest BCUT2D eigenvalue weighted by Crippen LogP contribution is -2.28. The van der Waals surface area contributed by atoms with Gasteiger partial charge in [-0.25, -0.2) is 4.79 Å². The van der Waals surface area contributed by atoms with Crippen molar-refractivity contribution in [1.82, 2.24) is 0 Å². The van der Waals surface area contributed by atoms with E-state index in [9.17, 15) is 19.8 Å². The van der Waals surface area contributed by atoms with E-state index < -0.39 is 11.9 Å². The maximum Gasteiger partial charge on any atom is 0.370 e.